The molecule has 0 spiro atoms. The molecule has 100 valence electrons. The Morgan fingerprint density at radius 2 is 2.11 bits per heavy atom. The maximum atomic E-state index is 12.2. The van der Waals surface area contributed by atoms with Crippen molar-refractivity contribution in [1.29, 1.82) is 0 Å². The van der Waals surface area contributed by atoms with Gasteiger partial charge in [0.25, 0.3) is 5.91 Å². The topological polar surface area (TPSA) is 46.1 Å². The van der Waals surface area contributed by atoms with E-state index < -0.39 is 0 Å². The molecule has 0 fully saturated rings. The monoisotopic (exact) mass is 257 g/mol. The minimum absolute atomic E-state index is 0.0755. The van der Waals surface area contributed by atoms with Gasteiger partial charge in [0, 0.05) is 25.0 Å². The fourth-order valence-electron chi connectivity index (χ4n) is 2.05. The highest BCUT2D eigenvalue weighted by Crippen LogP contribution is 2.12. The predicted octanol–water partition coefficient (Wildman–Crippen LogP) is 2.48. The quantitative estimate of drug-likeness (QED) is 0.864. The molecular weight excluding hydrogens is 238 g/mol. The molecule has 0 atom stereocenters. The van der Waals surface area contributed by atoms with E-state index >= 15 is 0 Å². The minimum atomic E-state index is -0.0755. The van der Waals surface area contributed by atoms with Gasteiger partial charge < -0.3 is 15.2 Å². The maximum Gasteiger partial charge on any atom is 0.272 e. The van der Waals surface area contributed by atoms with Gasteiger partial charge in [-0.1, -0.05) is 12.1 Å². The Morgan fingerprint density at radius 3 is 2.84 bits per heavy atom. The van der Waals surface area contributed by atoms with E-state index in [0.29, 0.717) is 5.69 Å². The summed E-state index contributed by atoms with van der Waals surface area (Å²) in [6, 6.07) is 11.6. The van der Waals surface area contributed by atoms with Crippen molar-refractivity contribution in [2.24, 2.45) is 0 Å². The van der Waals surface area contributed by atoms with Crippen LogP contribution in [0.2, 0.25) is 0 Å². The number of rotatable bonds is 5. The predicted molar refractivity (Wildman–Crippen MR) is 77.3 cm³/mol. The van der Waals surface area contributed by atoms with Crippen LogP contribution in [0.4, 0.5) is 5.69 Å². The van der Waals surface area contributed by atoms with Crippen molar-refractivity contribution in [3.63, 3.8) is 0 Å². The zero-order chi connectivity index (χ0) is 13.7. The van der Waals surface area contributed by atoms with Crippen molar-refractivity contribution < 1.29 is 4.79 Å². The number of carbonyl (C=O) groups is 1. The number of benzene rings is 1. The summed E-state index contributed by atoms with van der Waals surface area (Å²) < 4.78 is 1.92. The summed E-state index contributed by atoms with van der Waals surface area (Å²) in [6.45, 7) is 3.59. The summed E-state index contributed by atoms with van der Waals surface area (Å²) in [5.41, 5.74) is 2.65. The molecule has 4 nitrogen and oxygen atoms in total. The van der Waals surface area contributed by atoms with Crippen molar-refractivity contribution >= 4 is 11.6 Å². The van der Waals surface area contributed by atoms with E-state index in [2.05, 4.69) is 10.6 Å². The second kappa shape index (κ2) is 6.20. The molecule has 2 N–H and O–H groups in total. The summed E-state index contributed by atoms with van der Waals surface area (Å²) in [4.78, 5) is 12.2. The van der Waals surface area contributed by atoms with Crippen LogP contribution < -0.4 is 10.6 Å². The largest absolute Gasteiger partial charge is 0.344 e. The molecule has 0 aliphatic rings. The molecule has 0 aliphatic carbocycles. The average molecular weight is 257 g/mol. The van der Waals surface area contributed by atoms with Crippen LogP contribution in [0.1, 0.15) is 23.0 Å². The highest BCUT2D eigenvalue weighted by Gasteiger charge is 2.10. The number of hydrogen-bond acceptors (Lipinski definition) is 2. The van der Waals surface area contributed by atoms with E-state index in [1.165, 1.54) is 0 Å². The van der Waals surface area contributed by atoms with Gasteiger partial charge in [-0.05, 0) is 43.8 Å². The van der Waals surface area contributed by atoms with Crippen molar-refractivity contribution in [2.45, 2.75) is 20.0 Å². The Morgan fingerprint density at radius 1 is 1.26 bits per heavy atom. The number of nitrogens with zero attached hydrogens (tertiary/aromatic N) is 1. The third-order valence-corrected chi connectivity index (χ3v) is 2.97. The molecule has 0 aliphatic heterocycles. The number of hydrogen-bond donors (Lipinski definition) is 2. The summed E-state index contributed by atoms with van der Waals surface area (Å²) >= 11 is 0. The lowest BCUT2D eigenvalue weighted by molar-refractivity contribution is 0.101. The molecular formula is C15H19N3O. The van der Waals surface area contributed by atoms with E-state index in [-0.39, 0.29) is 5.91 Å². The zero-order valence-electron chi connectivity index (χ0n) is 11.3. The SMILES string of the molecule is CCn1cccc1C(=O)Nc1cccc(CNC)c1. The first-order chi connectivity index (χ1) is 9.24. The van der Waals surface area contributed by atoms with Crippen molar-refractivity contribution in [3.8, 4) is 0 Å². The number of anilines is 1. The average Bonchev–Trinajstić information content (AvgIpc) is 2.88. The summed E-state index contributed by atoms with van der Waals surface area (Å²) in [5, 5.41) is 6.02. The molecule has 19 heavy (non-hydrogen) atoms. The van der Waals surface area contributed by atoms with Crippen molar-refractivity contribution in [2.75, 3.05) is 12.4 Å². The van der Waals surface area contributed by atoms with Gasteiger partial charge in [-0.15, -0.1) is 0 Å². The van der Waals surface area contributed by atoms with Gasteiger partial charge in [0.15, 0.2) is 0 Å². The first-order valence-electron chi connectivity index (χ1n) is 6.44. The minimum Gasteiger partial charge on any atom is -0.344 e. The smallest absolute Gasteiger partial charge is 0.272 e. The standard InChI is InChI=1S/C15H19N3O/c1-3-18-9-5-8-14(18)15(19)17-13-7-4-6-12(10-13)11-16-2/h4-10,16H,3,11H2,1-2H3,(H,17,19). The molecule has 1 aromatic heterocycles. The van der Waals surface area contributed by atoms with Gasteiger partial charge in [-0.2, -0.15) is 0 Å². The molecule has 0 saturated carbocycles. The molecule has 0 saturated heterocycles. The molecule has 1 aromatic carbocycles. The van der Waals surface area contributed by atoms with Crippen LogP contribution in [0, 0.1) is 0 Å². The van der Waals surface area contributed by atoms with Crippen LogP contribution in [-0.4, -0.2) is 17.5 Å². The van der Waals surface area contributed by atoms with Crippen LogP contribution in [0.15, 0.2) is 42.6 Å². The molecule has 2 rings (SSSR count). The second-order valence-corrected chi connectivity index (χ2v) is 4.36. The van der Waals surface area contributed by atoms with Crippen LogP contribution in [0.25, 0.3) is 0 Å². The zero-order valence-corrected chi connectivity index (χ0v) is 11.3. The Bertz CT molecular complexity index is 560. The summed E-state index contributed by atoms with van der Waals surface area (Å²) in [5.74, 6) is -0.0755. The molecule has 0 radical (unpaired) electrons. The first-order valence-corrected chi connectivity index (χ1v) is 6.44. The third kappa shape index (κ3) is 3.23. The van der Waals surface area contributed by atoms with E-state index in [1.807, 2.05) is 61.1 Å². The second-order valence-electron chi connectivity index (χ2n) is 4.36. The maximum absolute atomic E-state index is 12.2. The third-order valence-electron chi connectivity index (χ3n) is 2.97. The van der Waals surface area contributed by atoms with Crippen LogP contribution in [-0.2, 0) is 13.1 Å². The Kier molecular flexibility index (Phi) is 4.36. The lowest BCUT2D eigenvalue weighted by Crippen LogP contribution is -2.16. The molecule has 1 amide bonds. The van der Waals surface area contributed by atoms with Gasteiger partial charge in [-0.3, -0.25) is 4.79 Å². The van der Waals surface area contributed by atoms with Crippen LogP contribution in [0.3, 0.4) is 0 Å². The molecule has 2 aromatic rings. The van der Waals surface area contributed by atoms with Crippen molar-refractivity contribution in [3.05, 3.63) is 53.9 Å². The highest BCUT2D eigenvalue weighted by atomic mass is 16.1. The molecule has 1 heterocycles. The summed E-state index contributed by atoms with van der Waals surface area (Å²) in [7, 11) is 1.90. The first kappa shape index (κ1) is 13.4. The summed E-state index contributed by atoms with van der Waals surface area (Å²) in [6.07, 6.45) is 1.91. The van der Waals surface area contributed by atoms with Crippen LogP contribution >= 0.6 is 0 Å². The molecule has 4 heteroatoms. The number of carbonyl (C=O) groups excluding carboxylic acids is 1. The van der Waals surface area contributed by atoms with Gasteiger partial charge >= 0.3 is 0 Å². The van der Waals surface area contributed by atoms with E-state index in [1.54, 1.807) is 0 Å². The van der Waals surface area contributed by atoms with Gasteiger partial charge in [-0.25, -0.2) is 0 Å². The van der Waals surface area contributed by atoms with E-state index in [0.717, 1.165) is 24.3 Å². The number of nitrogens with one attached hydrogen (secondary N) is 2. The molecule has 0 bridgehead atoms. The lowest BCUT2D eigenvalue weighted by atomic mass is 10.2. The molecule has 0 unspecified atom stereocenters. The van der Waals surface area contributed by atoms with Crippen molar-refractivity contribution in [1.82, 2.24) is 9.88 Å². The Labute approximate surface area is 113 Å². The number of amides is 1. The normalized spacial score (nSPS) is 10.4. The fraction of sp³-hybridized carbons (Fsp3) is 0.267. The lowest BCUT2D eigenvalue weighted by Gasteiger charge is -2.09. The highest BCUT2D eigenvalue weighted by molar-refractivity contribution is 6.03. The Hall–Kier alpha value is -2.07. The van der Waals surface area contributed by atoms with Gasteiger partial charge in [0.05, 0.1) is 0 Å². The van der Waals surface area contributed by atoms with Gasteiger partial charge in [0.2, 0.25) is 0 Å². The van der Waals surface area contributed by atoms with Crippen LogP contribution in [0.5, 0.6) is 0 Å². The Balaban J connectivity index is 2.12. The van der Waals surface area contributed by atoms with E-state index in [9.17, 15) is 4.79 Å². The fourth-order valence-corrected chi connectivity index (χ4v) is 2.05. The number of aromatic nitrogens is 1. The van der Waals surface area contributed by atoms with Gasteiger partial charge in [0.1, 0.15) is 5.69 Å². The van der Waals surface area contributed by atoms with E-state index in [4.69, 9.17) is 0 Å². The number of aryl methyl sites for hydroxylation is 1.